The maximum Gasteiger partial charge on any atom is 0.291 e. The zero-order valence-corrected chi connectivity index (χ0v) is 6.39. The molecule has 0 aromatic heterocycles. The largest absolute Gasteiger partial charge is 0.412 e. The molecule has 7 heavy (non-hydrogen) atoms. The summed E-state index contributed by atoms with van der Waals surface area (Å²) in [5.41, 5.74) is 0. The van der Waals surface area contributed by atoms with Gasteiger partial charge in [-0.1, -0.05) is 0 Å². The van der Waals surface area contributed by atoms with Gasteiger partial charge in [-0.15, -0.1) is 10.1 Å². The molecule has 7 heteroatoms. The van der Waals surface area contributed by atoms with Crippen molar-refractivity contribution in [2.45, 2.75) is 0 Å². The topological polar surface area (TPSA) is 126 Å². The monoisotopic (exact) mass is 163 g/mol. The van der Waals surface area contributed by atoms with Crippen LogP contribution in [0.4, 0.5) is 0 Å². The van der Waals surface area contributed by atoms with E-state index in [4.69, 9.17) is 15.3 Å². The van der Waals surface area contributed by atoms with Crippen LogP contribution in [0.1, 0.15) is 0 Å². The van der Waals surface area contributed by atoms with E-state index in [1.807, 2.05) is 0 Å². The third-order valence-corrected chi connectivity index (χ3v) is 0. The van der Waals surface area contributed by atoms with Gasteiger partial charge in [0.15, 0.2) is 0 Å². The van der Waals surface area contributed by atoms with Crippen LogP contribution in [0.15, 0.2) is 0 Å². The first-order valence-electron chi connectivity index (χ1n) is 0.565. The van der Waals surface area contributed by atoms with E-state index in [-0.39, 0.29) is 30.4 Å². The van der Waals surface area contributed by atoms with Crippen LogP contribution < -0.4 is 0 Å². The summed E-state index contributed by atoms with van der Waals surface area (Å²) in [6.45, 7) is 0. The zero-order chi connectivity index (χ0) is 3.58. The second-order valence-corrected chi connectivity index (χ2v) is 0.238. The van der Waals surface area contributed by atoms with Crippen LogP contribution in [-0.4, -0.2) is 21.2 Å². The van der Waals surface area contributed by atoms with Crippen molar-refractivity contribution in [3.05, 3.63) is 10.1 Å². The van der Waals surface area contributed by atoms with Gasteiger partial charge in [-0.05, 0) is 0 Å². The molecular weight excluding hydrogens is 159 g/mol. The average molecular weight is 164 g/mol. The van der Waals surface area contributed by atoms with Crippen LogP contribution in [0, 0.1) is 10.1 Å². The Bertz CT molecular complexity index is 31.1. The van der Waals surface area contributed by atoms with Crippen molar-refractivity contribution < 1.29 is 40.7 Å². The van der Waals surface area contributed by atoms with Crippen LogP contribution in [0.3, 0.4) is 0 Å². The summed E-state index contributed by atoms with van der Waals surface area (Å²) in [5, 5.41) is 13.6. The molecule has 0 saturated heterocycles. The Morgan fingerprint density at radius 3 is 1.43 bits per heavy atom. The quantitative estimate of drug-likeness (QED) is 0.253. The molecule has 0 aromatic carbocycles. The van der Waals surface area contributed by atoms with Crippen molar-refractivity contribution in [2.75, 3.05) is 0 Å². The molecule has 0 aliphatic rings. The van der Waals surface area contributed by atoms with Crippen LogP contribution in [0.25, 0.3) is 0 Å². The van der Waals surface area contributed by atoms with E-state index in [0.29, 0.717) is 0 Å². The molecule has 0 aliphatic heterocycles. The minimum Gasteiger partial charge on any atom is -0.412 e. The van der Waals surface area contributed by atoms with E-state index in [0.717, 1.165) is 0 Å². The van der Waals surface area contributed by atoms with Crippen molar-refractivity contribution >= 4 is 0 Å². The minimum absolute atomic E-state index is 0. The van der Waals surface area contributed by atoms with Crippen molar-refractivity contribution in [2.24, 2.45) is 0 Å². The van der Waals surface area contributed by atoms with E-state index in [2.05, 4.69) is 0 Å². The molecule has 0 spiro atoms. The summed E-state index contributed by atoms with van der Waals surface area (Å²) >= 11 is 0. The summed E-state index contributed by atoms with van der Waals surface area (Å²) in [7, 11) is 0. The van der Waals surface area contributed by atoms with Gasteiger partial charge in [-0.3, -0.25) is 0 Å². The molecule has 0 aliphatic carbocycles. The van der Waals surface area contributed by atoms with Gasteiger partial charge in [0.1, 0.15) is 0 Å². The number of rotatable bonds is 0. The number of hydrogen-bond acceptors (Lipinski definition) is 2. The fraction of sp³-hybridized carbons (Fsp3) is 0. The minimum atomic E-state index is -1.50. The van der Waals surface area contributed by atoms with Gasteiger partial charge >= 0.3 is 0 Å². The predicted octanol–water partition coefficient (Wildman–Crippen LogP) is -2.00. The van der Waals surface area contributed by atoms with Gasteiger partial charge in [0.05, 0.1) is 0 Å². The van der Waals surface area contributed by atoms with E-state index in [1.54, 1.807) is 0 Å². The summed E-state index contributed by atoms with van der Waals surface area (Å²) < 4.78 is 0. The Hall–Kier alpha value is -0.257. The van der Waals surface area contributed by atoms with Crippen LogP contribution in [0.2, 0.25) is 0 Å². The summed E-state index contributed by atoms with van der Waals surface area (Å²) in [6.07, 6.45) is 0. The van der Waals surface area contributed by atoms with Crippen molar-refractivity contribution in [3.63, 3.8) is 0 Å². The fourth-order valence-corrected chi connectivity index (χ4v) is 0. The molecule has 0 unspecified atom stereocenters. The molecule has 5 N–H and O–H groups in total. The normalized spacial score (nSPS) is 3.43. The van der Waals surface area contributed by atoms with E-state index < -0.39 is 5.09 Å². The molecule has 0 radical (unpaired) electrons. The standard InChI is InChI=1S/HNO3.2H2O.Zn/c2-1(3)4;;;/h(H,2,3,4);2*1H2;. The van der Waals surface area contributed by atoms with Gasteiger partial charge in [0.25, 0.3) is 5.09 Å². The first-order valence-corrected chi connectivity index (χ1v) is 0.565. The Labute approximate surface area is 51.6 Å². The maximum absolute atomic E-state index is 8.36. The smallest absolute Gasteiger partial charge is 0.291 e. The third kappa shape index (κ3) is 1220. The number of hydrogen-bond donors (Lipinski definition) is 1. The van der Waals surface area contributed by atoms with E-state index in [9.17, 15) is 0 Å². The molecule has 0 fully saturated rings. The number of nitrogens with zero attached hydrogens (tertiary/aromatic N) is 1. The molecule has 0 atom stereocenters. The molecule has 0 rings (SSSR count). The van der Waals surface area contributed by atoms with E-state index in [1.165, 1.54) is 0 Å². The molecule has 0 saturated carbocycles. The molecule has 0 bridgehead atoms. The SMILES string of the molecule is O.O.O=[N+]([O-])O.[Zn]. The molecule has 0 amide bonds. The Morgan fingerprint density at radius 2 is 1.43 bits per heavy atom. The summed E-state index contributed by atoms with van der Waals surface area (Å²) in [6, 6.07) is 0. The van der Waals surface area contributed by atoms with Gasteiger partial charge < -0.3 is 16.2 Å². The first kappa shape index (κ1) is 29.6. The van der Waals surface area contributed by atoms with Crippen molar-refractivity contribution in [1.29, 1.82) is 0 Å². The predicted molar refractivity (Wildman–Crippen MR) is 16.0 cm³/mol. The zero-order valence-electron chi connectivity index (χ0n) is 3.42. The van der Waals surface area contributed by atoms with Crippen LogP contribution >= 0.6 is 0 Å². The summed E-state index contributed by atoms with van der Waals surface area (Å²) in [4.78, 5) is 8.36. The molecule has 42 valence electrons. The fourth-order valence-electron chi connectivity index (χ4n) is 0. The molecule has 0 heterocycles. The van der Waals surface area contributed by atoms with Gasteiger partial charge in [0, 0.05) is 19.5 Å². The second kappa shape index (κ2) is 17.2. The molecular formula is H5NO5Zn. The Kier molecular flexibility index (Phi) is 72.5. The average Bonchev–Trinajstić information content (AvgIpc) is 0.811. The molecule has 6 nitrogen and oxygen atoms in total. The van der Waals surface area contributed by atoms with Crippen LogP contribution in [0.5, 0.6) is 0 Å². The Balaban J connectivity index is -0.0000000150. The summed E-state index contributed by atoms with van der Waals surface area (Å²) in [5.74, 6) is 0. The Morgan fingerprint density at radius 1 is 1.43 bits per heavy atom. The maximum atomic E-state index is 8.36. The molecule has 0 aromatic rings. The third-order valence-electron chi connectivity index (χ3n) is 0. The first-order chi connectivity index (χ1) is 1.73. The van der Waals surface area contributed by atoms with Gasteiger partial charge in [-0.2, -0.15) is 0 Å². The van der Waals surface area contributed by atoms with Crippen molar-refractivity contribution in [3.8, 4) is 0 Å². The van der Waals surface area contributed by atoms with Crippen LogP contribution in [-0.2, 0) is 19.5 Å². The van der Waals surface area contributed by atoms with Gasteiger partial charge in [-0.25, -0.2) is 0 Å². The van der Waals surface area contributed by atoms with Crippen molar-refractivity contribution in [1.82, 2.24) is 0 Å². The van der Waals surface area contributed by atoms with E-state index >= 15 is 0 Å². The van der Waals surface area contributed by atoms with Gasteiger partial charge in [0.2, 0.25) is 0 Å². The second-order valence-electron chi connectivity index (χ2n) is 0.238.